The molecule has 8 nitrogen and oxygen atoms in total. The SMILES string of the molecule is COc1cncc(O[C@@H]2CCN(C(=O)c3c(C)noc3C)C2)n1. The monoisotopic (exact) mass is 318 g/mol. The van der Waals surface area contributed by atoms with Crippen molar-refractivity contribution in [1.29, 1.82) is 0 Å². The van der Waals surface area contributed by atoms with Crippen LogP contribution >= 0.6 is 0 Å². The Morgan fingerprint density at radius 2 is 2.13 bits per heavy atom. The molecule has 1 fully saturated rings. The average Bonchev–Trinajstić information content (AvgIpc) is 3.14. The van der Waals surface area contributed by atoms with E-state index in [9.17, 15) is 4.79 Å². The van der Waals surface area contributed by atoms with E-state index in [1.54, 1.807) is 18.7 Å². The molecule has 1 atom stereocenters. The predicted octanol–water partition coefficient (Wildman–Crippen LogP) is 1.38. The van der Waals surface area contributed by atoms with Gasteiger partial charge >= 0.3 is 0 Å². The van der Waals surface area contributed by atoms with Crippen LogP contribution in [0.5, 0.6) is 11.8 Å². The van der Waals surface area contributed by atoms with Gasteiger partial charge in [-0.3, -0.25) is 9.78 Å². The van der Waals surface area contributed by atoms with E-state index in [4.69, 9.17) is 14.0 Å². The number of ether oxygens (including phenoxy) is 2. The molecule has 3 rings (SSSR count). The van der Waals surface area contributed by atoms with Crippen LogP contribution in [0.15, 0.2) is 16.9 Å². The lowest BCUT2D eigenvalue weighted by atomic mass is 10.2. The summed E-state index contributed by atoms with van der Waals surface area (Å²) < 4.78 is 15.9. The zero-order chi connectivity index (χ0) is 16.4. The molecule has 1 saturated heterocycles. The molecule has 1 aliphatic rings. The highest BCUT2D eigenvalue weighted by atomic mass is 16.5. The highest BCUT2D eigenvalue weighted by Crippen LogP contribution is 2.21. The number of aryl methyl sites for hydroxylation is 2. The van der Waals surface area contributed by atoms with Crippen LogP contribution in [0, 0.1) is 13.8 Å². The third-order valence-electron chi connectivity index (χ3n) is 3.77. The summed E-state index contributed by atoms with van der Waals surface area (Å²) in [6.45, 7) is 4.61. The molecule has 2 aromatic rings. The Kier molecular flexibility index (Phi) is 4.14. The van der Waals surface area contributed by atoms with Crippen LogP contribution in [0.2, 0.25) is 0 Å². The van der Waals surface area contributed by atoms with E-state index in [2.05, 4.69) is 15.1 Å². The number of rotatable bonds is 4. The number of amides is 1. The first-order chi connectivity index (χ1) is 11.1. The fraction of sp³-hybridized carbons (Fsp3) is 0.467. The van der Waals surface area contributed by atoms with Crippen molar-refractivity contribution in [2.75, 3.05) is 20.2 Å². The normalized spacial score (nSPS) is 17.3. The van der Waals surface area contributed by atoms with E-state index in [0.29, 0.717) is 41.9 Å². The van der Waals surface area contributed by atoms with Crippen LogP contribution in [0.4, 0.5) is 0 Å². The molecule has 0 N–H and O–H groups in total. The molecule has 23 heavy (non-hydrogen) atoms. The first kappa shape index (κ1) is 15.3. The van der Waals surface area contributed by atoms with Crippen LogP contribution in [0.1, 0.15) is 28.2 Å². The van der Waals surface area contributed by atoms with E-state index in [1.165, 1.54) is 19.5 Å². The van der Waals surface area contributed by atoms with Gasteiger partial charge in [-0.2, -0.15) is 4.98 Å². The first-order valence-electron chi connectivity index (χ1n) is 7.33. The summed E-state index contributed by atoms with van der Waals surface area (Å²) in [4.78, 5) is 22.5. The van der Waals surface area contributed by atoms with Crippen LogP contribution < -0.4 is 9.47 Å². The molecule has 0 saturated carbocycles. The zero-order valence-corrected chi connectivity index (χ0v) is 13.3. The Morgan fingerprint density at radius 3 is 2.83 bits per heavy atom. The Balaban J connectivity index is 1.65. The van der Waals surface area contributed by atoms with Gasteiger partial charge in [-0.15, -0.1) is 0 Å². The van der Waals surface area contributed by atoms with Gasteiger partial charge in [0.1, 0.15) is 17.4 Å². The number of nitrogens with zero attached hydrogens (tertiary/aromatic N) is 4. The Hall–Kier alpha value is -2.64. The molecule has 0 unspecified atom stereocenters. The minimum atomic E-state index is -0.124. The third kappa shape index (κ3) is 3.10. The molecule has 1 amide bonds. The van der Waals surface area contributed by atoms with Crippen molar-refractivity contribution in [2.24, 2.45) is 0 Å². The van der Waals surface area contributed by atoms with E-state index >= 15 is 0 Å². The topological polar surface area (TPSA) is 90.6 Å². The lowest BCUT2D eigenvalue weighted by Crippen LogP contribution is -2.31. The van der Waals surface area contributed by atoms with Crippen LogP contribution in [0.25, 0.3) is 0 Å². The summed E-state index contributed by atoms with van der Waals surface area (Å²) in [5, 5.41) is 3.83. The van der Waals surface area contributed by atoms with E-state index < -0.39 is 0 Å². The standard InChI is InChI=1S/C15H18N4O4/c1-9-14(10(2)23-18-9)15(20)19-5-4-11(8-19)22-13-7-16-6-12(17-13)21-3/h6-7,11H,4-5,8H2,1-3H3/t11-/m1/s1. The maximum atomic E-state index is 12.6. The van der Waals surface area contributed by atoms with Crippen LogP contribution in [0.3, 0.4) is 0 Å². The van der Waals surface area contributed by atoms with E-state index in [1.807, 2.05) is 0 Å². The molecule has 122 valence electrons. The lowest BCUT2D eigenvalue weighted by molar-refractivity contribution is 0.0768. The molecule has 0 bridgehead atoms. The number of hydrogen-bond donors (Lipinski definition) is 0. The minimum absolute atomic E-state index is 0.0796. The predicted molar refractivity (Wildman–Crippen MR) is 79.5 cm³/mol. The summed E-state index contributed by atoms with van der Waals surface area (Å²) >= 11 is 0. The van der Waals surface area contributed by atoms with Crippen molar-refractivity contribution in [3.63, 3.8) is 0 Å². The van der Waals surface area contributed by atoms with Gasteiger partial charge in [0, 0.05) is 13.0 Å². The molecule has 0 aromatic carbocycles. The van der Waals surface area contributed by atoms with E-state index in [-0.39, 0.29) is 12.0 Å². The smallest absolute Gasteiger partial charge is 0.259 e. The quantitative estimate of drug-likeness (QED) is 0.841. The summed E-state index contributed by atoms with van der Waals surface area (Å²) in [7, 11) is 1.52. The molecule has 3 heterocycles. The molecule has 1 aliphatic heterocycles. The largest absolute Gasteiger partial charge is 0.480 e. The number of aromatic nitrogens is 3. The molecule has 2 aromatic heterocycles. The number of carbonyl (C=O) groups excluding carboxylic acids is 1. The van der Waals surface area contributed by atoms with Crippen molar-refractivity contribution in [2.45, 2.75) is 26.4 Å². The molecular formula is C15H18N4O4. The number of hydrogen-bond acceptors (Lipinski definition) is 7. The summed E-state index contributed by atoms with van der Waals surface area (Å²) in [6.07, 6.45) is 3.64. The van der Waals surface area contributed by atoms with Gasteiger partial charge in [0.15, 0.2) is 0 Å². The molecular weight excluding hydrogens is 300 g/mol. The summed E-state index contributed by atoms with van der Waals surface area (Å²) in [5.41, 5.74) is 1.14. The fourth-order valence-corrected chi connectivity index (χ4v) is 2.61. The molecule has 8 heteroatoms. The fourth-order valence-electron chi connectivity index (χ4n) is 2.61. The van der Waals surface area contributed by atoms with Gasteiger partial charge < -0.3 is 18.9 Å². The Bertz CT molecular complexity index is 696. The molecule has 0 radical (unpaired) electrons. The Labute approximate surface area is 133 Å². The number of methoxy groups -OCH3 is 1. The molecule has 0 aliphatic carbocycles. The van der Waals surface area contributed by atoms with Crippen molar-refractivity contribution < 1.29 is 18.8 Å². The van der Waals surface area contributed by atoms with Gasteiger partial charge in [0.05, 0.1) is 31.7 Å². The van der Waals surface area contributed by atoms with Crippen molar-refractivity contribution in [3.05, 3.63) is 29.4 Å². The van der Waals surface area contributed by atoms with Crippen LogP contribution in [-0.4, -0.2) is 52.2 Å². The zero-order valence-electron chi connectivity index (χ0n) is 13.3. The summed E-state index contributed by atoms with van der Waals surface area (Å²) in [5.74, 6) is 1.24. The van der Waals surface area contributed by atoms with Gasteiger partial charge in [-0.1, -0.05) is 5.16 Å². The maximum Gasteiger partial charge on any atom is 0.259 e. The summed E-state index contributed by atoms with van der Waals surface area (Å²) in [6, 6.07) is 0. The van der Waals surface area contributed by atoms with Gasteiger partial charge in [0.25, 0.3) is 5.91 Å². The second-order valence-corrected chi connectivity index (χ2v) is 5.38. The van der Waals surface area contributed by atoms with Crippen molar-refractivity contribution in [1.82, 2.24) is 20.0 Å². The Morgan fingerprint density at radius 1 is 1.35 bits per heavy atom. The molecule has 0 spiro atoms. The van der Waals surface area contributed by atoms with Crippen LogP contribution in [-0.2, 0) is 0 Å². The van der Waals surface area contributed by atoms with E-state index in [0.717, 1.165) is 6.42 Å². The maximum absolute atomic E-state index is 12.6. The third-order valence-corrected chi connectivity index (χ3v) is 3.77. The first-order valence-corrected chi connectivity index (χ1v) is 7.33. The highest BCUT2D eigenvalue weighted by molar-refractivity contribution is 5.96. The number of likely N-dealkylation sites (tertiary alicyclic amines) is 1. The second kappa shape index (κ2) is 6.23. The minimum Gasteiger partial charge on any atom is -0.480 e. The van der Waals surface area contributed by atoms with Gasteiger partial charge in [0.2, 0.25) is 11.8 Å². The van der Waals surface area contributed by atoms with Gasteiger partial charge in [-0.05, 0) is 13.8 Å². The van der Waals surface area contributed by atoms with Crippen molar-refractivity contribution >= 4 is 5.91 Å². The highest BCUT2D eigenvalue weighted by Gasteiger charge is 2.31. The average molecular weight is 318 g/mol. The van der Waals surface area contributed by atoms with Crippen molar-refractivity contribution in [3.8, 4) is 11.8 Å². The lowest BCUT2D eigenvalue weighted by Gasteiger charge is -2.16. The second-order valence-electron chi connectivity index (χ2n) is 5.38. The number of carbonyl (C=O) groups is 1. The van der Waals surface area contributed by atoms with Gasteiger partial charge in [-0.25, -0.2) is 0 Å².